The van der Waals surface area contributed by atoms with Crippen LogP contribution in [-0.4, -0.2) is 43.0 Å². The van der Waals surface area contributed by atoms with Crippen molar-refractivity contribution in [2.75, 3.05) is 0 Å². The van der Waals surface area contributed by atoms with Gasteiger partial charge < -0.3 is 14.9 Å². The Hall–Kier alpha value is -1.66. The SMILES string of the molecule is C#CC1(Cl)[C@@H](O)[C@@H]([C@H](C)O)O[C@H]1n1cc(F)c(=O)[nH]c1=O. The number of alkyl halides is 1. The molecule has 2 heterocycles. The van der Waals surface area contributed by atoms with Crippen molar-refractivity contribution in [1.82, 2.24) is 9.55 Å². The van der Waals surface area contributed by atoms with Crippen molar-refractivity contribution in [2.24, 2.45) is 0 Å². The quantitative estimate of drug-likeness (QED) is 0.475. The van der Waals surface area contributed by atoms with Crippen molar-refractivity contribution in [1.29, 1.82) is 0 Å². The fourth-order valence-corrected chi connectivity index (χ4v) is 2.43. The number of nitrogens with zero attached hydrogens (tertiary/aromatic N) is 1. The van der Waals surface area contributed by atoms with Crippen LogP contribution < -0.4 is 11.2 Å². The number of ether oxygens (including phenoxy) is 1. The minimum atomic E-state index is -1.91. The third-order valence-electron chi connectivity index (χ3n) is 3.26. The maximum absolute atomic E-state index is 13.4. The maximum Gasteiger partial charge on any atom is 0.330 e. The van der Waals surface area contributed by atoms with Crippen LogP contribution in [0.5, 0.6) is 0 Å². The number of H-pyrrole nitrogens is 1. The Kier molecular flexibility index (Phi) is 3.95. The highest BCUT2D eigenvalue weighted by Crippen LogP contribution is 2.43. The zero-order chi connectivity index (χ0) is 15.9. The average Bonchev–Trinajstić information content (AvgIpc) is 2.68. The van der Waals surface area contributed by atoms with Crippen LogP contribution in [0.15, 0.2) is 15.8 Å². The minimum Gasteiger partial charge on any atom is -0.391 e. The summed E-state index contributed by atoms with van der Waals surface area (Å²) < 4.78 is 19.3. The molecule has 1 fully saturated rings. The third kappa shape index (κ3) is 2.38. The molecule has 9 heteroatoms. The van der Waals surface area contributed by atoms with Gasteiger partial charge in [-0.15, -0.1) is 6.42 Å². The van der Waals surface area contributed by atoms with Crippen LogP contribution in [0.1, 0.15) is 13.2 Å². The Morgan fingerprint density at radius 1 is 1.67 bits per heavy atom. The van der Waals surface area contributed by atoms with E-state index in [-0.39, 0.29) is 0 Å². The van der Waals surface area contributed by atoms with Gasteiger partial charge in [0.1, 0.15) is 12.2 Å². The Bertz CT molecular complexity index is 709. The number of aromatic nitrogens is 2. The summed E-state index contributed by atoms with van der Waals surface area (Å²) in [5, 5.41) is 19.6. The zero-order valence-electron chi connectivity index (χ0n) is 10.8. The van der Waals surface area contributed by atoms with Crippen LogP contribution in [-0.2, 0) is 4.74 Å². The molecule has 21 heavy (non-hydrogen) atoms. The molecular formula is C12H12ClFN2O5. The average molecular weight is 319 g/mol. The summed E-state index contributed by atoms with van der Waals surface area (Å²) in [5.74, 6) is 0.844. The van der Waals surface area contributed by atoms with Crippen LogP contribution in [0.4, 0.5) is 4.39 Å². The fourth-order valence-electron chi connectivity index (χ4n) is 2.14. The highest BCUT2D eigenvalue weighted by Gasteiger charge is 2.57. The number of aliphatic hydroxyl groups excluding tert-OH is 2. The number of aromatic amines is 1. The molecule has 5 atom stereocenters. The smallest absolute Gasteiger partial charge is 0.330 e. The molecule has 0 amide bonds. The van der Waals surface area contributed by atoms with E-state index in [9.17, 15) is 24.2 Å². The molecule has 7 nitrogen and oxygen atoms in total. The van der Waals surface area contributed by atoms with E-state index >= 15 is 0 Å². The molecule has 1 saturated heterocycles. The van der Waals surface area contributed by atoms with Crippen molar-refractivity contribution < 1.29 is 19.3 Å². The second-order valence-corrected chi connectivity index (χ2v) is 5.32. The summed E-state index contributed by atoms with van der Waals surface area (Å²) in [6, 6.07) is 0. The Balaban J connectivity index is 2.58. The van der Waals surface area contributed by atoms with Gasteiger partial charge in [-0.3, -0.25) is 14.3 Å². The van der Waals surface area contributed by atoms with Crippen LogP contribution in [0.25, 0.3) is 0 Å². The normalized spacial score (nSPS) is 33.6. The van der Waals surface area contributed by atoms with E-state index in [1.54, 1.807) is 4.98 Å². The molecular weight excluding hydrogens is 307 g/mol. The lowest BCUT2D eigenvalue weighted by Crippen LogP contribution is -2.45. The highest BCUT2D eigenvalue weighted by atomic mass is 35.5. The minimum absolute atomic E-state index is 0.581. The van der Waals surface area contributed by atoms with E-state index in [2.05, 4.69) is 5.92 Å². The van der Waals surface area contributed by atoms with Gasteiger partial charge in [-0.2, -0.15) is 4.39 Å². The molecule has 2 rings (SSSR count). The van der Waals surface area contributed by atoms with Crippen LogP contribution in [0, 0.1) is 18.2 Å². The Morgan fingerprint density at radius 3 is 2.81 bits per heavy atom. The lowest BCUT2D eigenvalue weighted by molar-refractivity contribution is -0.0775. The van der Waals surface area contributed by atoms with E-state index in [0.717, 1.165) is 0 Å². The summed E-state index contributed by atoms with van der Waals surface area (Å²) in [7, 11) is 0. The first kappa shape index (κ1) is 15.7. The van der Waals surface area contributed by atoms with Crippen LogP contribution in [0.2, 0.25) is 0 Å². The van der Waals surface area contributed by atoms with Gasteiger partial charge in [-0.05, 0) is 6.92 Å². The summed E-state index contributed by atoms with van der Waals surface area (Å²) in [6.07, 6.45) is 0.584. The van der Waals surface area contributed by atoms with E-state index < -0.39 is 46.5 Å². The van der Waals surface area contributed by atoms with Crippen molar-refractivity contribution >= 4 is 11.6 Å². The molecule has 0 saturated carbocycles. The molecule has 1 unspecified atom stereocenters. The molecule has 0 radical (unpaired) electrons. The van der Waals surface area contributed by atoms with E-state index in [1.165, 1.54) is 6.92 Å². The molecule has 1 aliphatic rings. The number of hydrogen-bond acceptors (Lipinski definition) is 5. The fraction of sp³-hybridized carbons (Fsp3) is 0.500. The molecule has 0 bridgehead atoms. The molecule has 0 aliphatic carbocycles. The highest BCUT2D eigenvalue weighted by molar-refractivity contribution is 6.27. The number of rotatable bonds is 2. The summed E-state index contributed by atoms with van der Waals surface area (Å²) >= 11 is 6.11. The number of aliphatic hydroxyl groups is 2. The van der Waals surface area contributed by atoms with Gasteiger partial charge in [0.15, 0.2) is 11.1 Å². The molecule has 0 spiro atoms. The Labute approximate surface area is 122 Å². The Morgan fingerprint density at radius 2 is 2.29 bits per heavy atom. The number of terminal acetylenes is 1. The van der Waals surface area contributed by atoms with Gasteiger partial charge in [0.05, 0.1) is 12.3 Å². The lowest BCUT2D eigenvalue weighted by Gasteiger charge is -2.25. The largest absolute Gasteiger partial charge is 0.391 e. The molecule has 1 aromatic heterocycles. The first-order valence-corrected chi connectivity index (χ1v) is 6.29. The summed E-state index contributed by atoms with van der Waals surface area (Å²) in [5.41, 5.74) is -2.21. The van der Waals surface area contributed by atoms with Gasteiger partial charge in [0.25, 0.3) is 5.56 Å². The third-order valence-corrected chi connectivity index (χ3v) is 3.78. The van der Waals surface area contributed by atoms with Crippen molar-refractivity contribution in [2.45, 2.75) is 36.3 Å². The van der Waals surface area contributed by atoms with Crippen LogP contribution in [0.3, 0.4) is 0 Å². The first-order valence-electron chi connectivity index (χ1n) is 5.91. The predicted octanol–water partition coefficient (Wildman–Crippen LogP) is -1.07. The molecule has 3 N–H and O–H groups in total. The second kappa shape index (κ2) is 5.27. The molecule has 1 aromatic rings. The van der Waals surface area contributed by atoms with Gasteiger partial charge in [-0.1, -0.05) is 17.5 Å². The molecule has 114 valence electrons. The van der Waals surface area contributed by atoms with Crippen LogP contribution >= 0.6 is 11.6 Å². The van der Waals surface area contributed by atoms with Crippen molar-refractivity contribution in [3.8, 4) is 12.3 Å². The van der Waals surface area contributed by atoms with E-state index in [4.69, 9.17) is 22.8 Å². The van der Waals surface area contributed by atoms with Gasteiger partial charge in [0.2, 0.25) is 5.82 Å². The van der Waals surface area contributed by atoms with Crippen molar-refractivity contribution in [3.63, 3.8) is 0 Å². The standard InChI is InChI=1S/C12H12ClFN2O5/c1-3-12(13)8(18)7(5(2)17)21-10(12)16-4-6(14)9(19)15-11(16)20/h1,4-5,7-8,10,17-18H,2H3,(H,15,19,20)/t5-,7+,8-,10+,12?/m0/s1. The first-order chi connectivity index (χ1) is 9.72. The van der Waals surface area contributed by atoms with Gasteiger partial charge in [-0.25, -0.2) is 4.79 Å². The predicted molar refractivity (Wildman–Crippen MR) is 70.3 cm³/mol. The number of nitrogens with one attached hydrogen (secondary N) is 1. The maximum atomic E-state index is 13.4. The zero-order valence-corrected chi connectivity index (χ0v) is 11.5. The lowest BCUT2D eigenvalue weighted by atomic mass is 9.97. The number of halogens is 2. The second-order valence-electron chi connectivity index (χ2n) is 4.69. The van der Waals surface area contributed by atoms with E-state index in [1.807, 2.05) is 0 Å². The van der Waals surface area contributed by atoms with Gasteiger partial charge in [0, 0.05) is 0 Å². The molecule has 1 aliphatic heterocycles. The topological polar surface area (TPSA) is 105 Å². The summed E-state index contributed by atoms with van der Waals surface area (Å²) in [4.78, 5) is 22.6. The van der Waals surface area contributed by atoms with Gasteiger partial charge >= 0.3 is 5.69 Å². The van der Waals surface area contributed by atoms with Crippen molar-refractivity contribution in [3.05, 3.63) is 32.9 Å². The monoisotopic (exact) mass is 318 g/mol. The van der Waals surface area contributed by atoms with E-state index in [0.29, 0.717) is 10.8 Å². The molecule has 0 aromatic carbocycles. The summed E-state index contributed by atoms with van der Waals surface area (Å²) in [6.45, 7) is 1.33. The number of hydrogen-bond donors (Lipinski definition) is 3.